The molecule has 2 unspecified atom stereocenters. The zero-order valence-corrected chi connectivity index (χ0v) is 13.9. The first kappa shape index (κ1) is 15.9. The summed E-state index contributed by atoms with van der Waals surface area (Å²) < 4.78 is 0. The lowest BCUT2D eigenvalue weighted by atomic mass is 9.99. The van der Waals surface area contributed by atoms with E-state index in [4.69, 9.17) is 11.6 Å². The van der Waals surface area contributed by atoms with Gasteiger partial charge in [-0.1, -0.05) is 45.0 Å². The number of rotatable bonds is 5. The molecule has 1 heterocycles. The van der Waals surface area contributed by atoms with E-state index in [1.807, 2.05) is 0 Å². The van der Waals surface area contributed by atoms with Crippen LogP contribution in [0, 0.1) is 11.8 Å². The highest BCUT2D eigenvalue weighted by molar-refractivity contribution is 6.21. The van der Waals surface area contributed by atoms with Crippen LogP contribution in [-0.4, -0.2) is 24.5 Å². The van der Waals surface area contributed by atoms with Gasteiger partial charge in [0, 0.05) is 13.1 Å². The zero-order valence-electron chi connectivity index (χ0n) is 13.1. The van der Waals surface area contributed by atoms with Crippen molar-refractivity contribution in [1.82, 2.24) is 4.90 Å². The lowest BCUT2D eigenvalue weighted by molar-refractivity contribution is 0.184. The Morgan fingerprint density at radius 2 is 1.95 bits per heavy atom. The Labute approximate surface area is 129 Å². The van der Waals surface area contributed by atoms with Gasteiger partial charge in [-0.05, 0) is 48.8 Å². The second-order valence-electron chi connectivity index (χ2n) is 6.81. The first-order chi connectivity index (χ1) is 9.54. The minimum atomic E-state index is 0.119. The summed E-state index contributed by atoms with van der Waals surface area (Å²) in [5.74, 6) is 1.53. The normalized spacial score (nSPS) is 22.1. The van der Waals surface area contributed by atoms with Crippen LogP contribution < -0.4 is 0 Å². The SMILES string of the molecule is CC(C)Cc1ccc(C(Cl)CN2CCCC(C)C2)cc1. The smallest absolute Gasteiger partial charge is 0.0712 e. The van der Waals surface area contributed by atoms with Crippen LogP contribution in [-0.2, 0) is 6.42 Å². The molecule has 0 amide bonds. The summed E-state index contributed by atoms with van der Waals surface area (Å²) in [5.41, 5.74) is 2.68. The van der Waals surface area contributed by atoms with E-state index in [1.54, 1.807) is 0 Å². The highest BCUT2D eigenvalue weighted by Crippen LogP contribution is 2.25. The molecule has 2 rings (SSSR count). The van der Waals surface area contributed by atoms with Crippen LogP contribution >= 0.6 is 11.6 Å². The maximum absolute atomic E-state index is 6.60. The van der Waals surface area contributed by atoms with Crippen molar-refractivity contribution < 1.29 is 0 Å². The topological polar surface area (TPSA) is 3.24 Å². The standard InChI is InChI=1S/C18H28ClN/c1-14(2)11-16-6-8-17(9-7-16)18(19)13-20-10-4-5-15(3)12-20/h6-9,14-15,18H,4-5,10-13H2,1-3H3. The summed E-state index contributed by atoms with van der Waals surface area (Å²) in [6, 6.07) is 8.90. The van der Waals surface area contributed by atoms with Gasteiger partial charge in [0.25, 0.3) is 0 Å². The van der Waals surface area contributed by atoms with Crippen LogP contribution in [0.2, 0.25) is 0 Å². The molecule has 0 saturated carbocycles. The van der Waals surface area contributed by atoms with Gasteiger partial charge >= 0.3 is 0 Å². The molecule has 1 fully saturated rings. The van der Waals surface area contributed by atoms with Gasteiger partial charge in [0.15, 0.2) is 0 Å². The van der Waals surface area contributed by atoms with Crippen LogP contribution in [0.25, 0.3) is 0 Å². The number of likely N-dealkylation sites (tertiary alicyclic amines) is 1. The molecule has 112 valence electrons. The first-order valence-electron chi connectivity index (χ1n) is 8.00. The average molecular weight is 294 g/mol. The van der Waals surface area contributed by atoms with E-state index in [0.29, 0.717) is 5.92 Å². The molecule has 0 aromatic heterocycles. The summed E-state index contributed by atoms with van der Waals surface area (Å²) in [4.78, 5) is 2.52. The fraction of sp³-hybridized carbons (Fsp3) is 0.667. The molecule has 20 heavy (non-hydrogen) atoms. The van der Waals surface area contributed by atoms with Crippen LogP contribution in [0.3, 0.4) is 0 Å². The van der Waals surface area contributed by atoms with E-state index >= 15 is 0 Å². The Bertz CT molecular complexity index is 398. The largest absolute Gasteiger partial charge is 0.301 e. The molecule has 0 N–H and O–H groups in total. The van der Waals surface area contributed by atoms with Crippen molar-refractivity contribution in [3.8, 4) is 0 Å². The van der Waals surface area contributed by atoms with Crippen molar-refractivity contribution in [2.45, 2.75) is 45.4 Å². The third-order valence-electron chi connectivity index (χ3n) is 4.14. The lowest BCUT2D eigenvalue weighted by Crippen LogP contribution is -2.36. The maximum Gasteiger partial charge on any atom is 0.0712 e. The Morgan fingerprint density at radius 3 is 2.55 bits per heavy atom. The second kappa shape index (κ2) is 7.47. The van der Waals surface area contributed by atoms with Gasteiger partial charge < -0.3 is 4.90 Å². The number of hydrogen-bond acceptors (Lipinski definition) is 1. The molecule has 1 aromatic rings. The van der Waals surface area contributed by atoms with Crippen molar-refractivity contribution in [1.29, 1.82) is 0 Å². The Balaban J connectivity index is 1.90. The van der Waals surface area contributed by atoms with E-state index in [-0.39, 0.29) is 5.38 Å². The number of alkyl halides is 1. The summed E-state index contributed by atoms with van der Waals surface area (Å²) in [6.07, 6.45) is 3.84. The van der Waals surface area contributed by atoms with Crippen molar-refractivity contribution >= 4 is 11.6 Å². The van der Waals surface area contributed by atoms with Gasteiger partial charge in [0.1, 0.15) is 0 Å². The number of hydrogen-bond donors (Lipinski definition) is 0. The van der Waals surface area contributed by atoms with Crippen LogP contribution in [0.5, 0.6) is 0 Å². The number of piperidine rings is 1. The van der Waals surface area contributed by atoms with Crippen molar-refractivity contribution in [2.75, 3.05) is 19.6 Å². The minimum Gasteiger partial charge on any atom is -0.301 e. The maximum atomic E-state index is 6.60. The second-order valence-corrected chi connectivity index (χ2v) is 7.34. The zero-order chi connectivity index (χ0) is 14.5. The van der Waals surface area contributed by atoms with Crippen LogP contribution in [0.15, 0.2) is 24.3 Å². The molecule has 1 aliphatic heterocycles. The number of benzene rings is 1. The van der Waals surface area contributed by atoms with Crippen molar-refractivity contribution in [3.05, 3.63) is 35.4 Å². The predicted molar refractivity (Wildman–Crippen MR) is 88.4 cm³/mol. The minimum absolute atomic E-state index is 0.119. The van der Waals surface area contributed by atoms with Gasteiger partial charge in [-0.2, -0.15) is 0 Å². The third kappa shape index (κ3) is 4.79. The fourth-order valence-corrected chi connectivity index (χ4v) is 3.46. The highest BCUT2D eigenvalue weighted by Gasteiger charge is 2.19. The summed E-state index contributed by atoms with van der Waals surface area (Å²) >= 11 is 6.60. The molecule has 2 atom stereocenters. The van der Waals surface area contributed by atoms with Gasteiger partial charge in [-0.15, -0.1) is 11.6 Å². The van der Waals surface area contributed by atoms with E-state index in [2.05, 4.69) is 49.9 Å². The first-order valence-corrected chi connectivity index (χ1v) is 8.43. The molecule has 0 spiro atoms. The van der Waals surface area contributed by atoms with Gasteiger partial charge in [0.2, 0.25) is 0 Å². The third-order valence-corrected chi connectivity index (χ3v) is 4.53. The summed E-state index contributed by atoms with van der Waals surface area (Å²) in [6.45, 7) is 10.3. The molecule has 1 saturated heterocycles. The Kier molecular flexibility index (Phi) is 5.92. The molecule has 0 aliphatic carbocycles. The average Bonchev–Trinajstić information content (AvgIpc) is 2.38. The van der Waals surface area contributed by atoms with Crippen LogP contribution in [0.1, 0.15) is 50.1 Å². The molecular formula is C18H28ClN. The number of nitrogens with zero attached hydrogens (tertiary/aromatic N) is 1. The molecule has 1 aromatic carbocycles. The lowest BCUT2D eigenvalue weighted by Gasteiger charge is -2.32. The molecule has 0 radical (unpaired) electrons. The van der Waals surface area contributed by atoms with Gasteiger partial charge in [-0.25, -0.2) is 0 Å². The van der Waals surface area contributed by atoms with Crippen molar-refractivity contribution in [3.63, 3.8) is 0 Å². The van der Waals surface area contributed by atoms with Crippen LogP contribution in [0.4, 0.5) is 0 Å². The van der Waals surface area contributed by atoms with Crippen molar-refractivity contribution in [2.24, 2.45) is 11.8 Å². The fourth-order valence-electron chi connectivity index (χ4n) is 3.12. The Morgan fingerprint density at radius 1 is 1.25 bits per heavy atom. The molecule has 2 heteroatoms. The molecule has 0 bridgehead atoms. The number of halogens is 1. The summed E-state index contributed by atoms with van der Waals surface area (Å²) in [7, 11) is 0. The molecule has 1 aliphatic rings. The quantitative estimate of drug-likeness (QED) is 0.698. The monoisotopic (exact) mass is 293 g/mol. The highest BCUT2D eigenvalue weighted by atomic mass is 35.5. The van der Waals surface area contributed by atoms with Gasteiger partial charge in [-0.3, -0.25) is 0 Å². The predicted octanol–water partition coefficient (Wildman–Crippen LogP) is 4.90. The van der Waals surface area contributed by atoms with E-state index < -0.39 is 0 Å². The Hall–Kier alpha value is -0.530. The van der Waals surface area contributed by atoms with Gasteiger partial charge in [0.05, 0.1) is 5.38 Å². The summed E-state index contributed by atoms with van der Waals surface area (Å²) in [5, 5.41) is 0.119. The molecule has 1 nitrogen and oxygen atoms in total. The molecular weight excluding hydrogens is 266 g/mol. The van der Waals surface area contributed by atoms with E-state index in [0.717, 1.165) is 18.9 Å². The van der Waals surface area contributed by atoms with E-state index in [9.17, 15) is 0 Å². The van der Waals surface area contributed by atoms with E-state index in [1.165, 1.54) is 37.1 Å².